The Morgan fingerprint density at radius 1 is 1.00 bits per heavy atom. The summed E-state index contributed by atoms with van der Waals surface area (Å²) in [7, 11) is 0. The zero-order valence-electron chi connectivity index (χ0n) is 11.9. The molecule has 1 aromatic carbocycles. The number of hydrogen-bond donors (Lipinski definition) is 1. The third-order valence-electron chi connectivity index (χ3n) is 3.66. The molecular weight excluding hydrogens is 344 g/mol. The zero-order chi connectivity index (χ0) is 18.3. The second-order valence-corrected chi connectivity index (χ2v) is 5.37. The molecule has 1 saturated heterocycles. The lowest BCUT2D eigenvalue weighted by Crippen LogP contribution is -2.30. The van der Waals surface area contributed by atoms with E-state index in [4.69, 9.17) is 5.11 Å². The minimum atomic E-state index is -5.05. The van der Waals surface area contributed by atoms with Crippen LogP contribution < -0.4 is 0 Å². The van der Waals surface area contributed by atoms with Gasteiger partial charge >= 0.3 is 18.3 Å². The van der Waals surface area contributed by atoms with Crippen molar-refractivity contribution >= 4 is 11.9 Å². The molecule has 1 heterocycles. The molecular formula is C14H11F6NO3. The van der Waals surface area contributed by atoms with Crippen molar-refractivity contribution in [2.75, 3.05) is 13.1 Å². The molecule has 1 aliphatic rings. The molecule has 24 heavy (non-hydrogen) atoms. The highest BCUT2D eigenvalue weighted by molar-refractivity contribution is 5.95. The van der Waals surface area contributed by atoms with Crippen molar-refractivity contribution in [3.05, 3.63) is 34.9 Å². The fourth-order valence-corrected chi connectivity index (χ4v) is 2.41. The number of amides is 1. The third-order valence-corrected chi connectivity index (χ3v) is 3.66. The van der Waals surface area contributed by atoms with Crippen molar-refractivity contribution in [2.45, 2.75) is 18.8 Å². The van der Waals surface area contributed by atoms with E-state index in [1.807, 2.05) is 0 Å². The summed E-state index contributed by atoms with van der Waals surface area (Å²) in [5.74, 6) is -3.12. The normalized spacial score (nSPS) is 18.8. The number of likely N-dealkylation sites (tertiary alicyclic amines) is 1. The number of carboxylic acid groups (broad SMARTS) is 1. The van der Waals surface area contributed by atoms with Gasteiger partial charge in [-0.1, -0.05) is 0 Å². The summed E-state index contributed by atoms with van der Waals surface area (Å²) in [5.41, 5.74) is -3.95. The standard InChI is InChI=1S/C14H11F6NO3/c15-13(16,17)9-3-8(4-10(5-9)14(18,19)20)11(22)21-2-1-7(6-21)12(23)24/h3-5,7H,1-2,6H2,(H,23,24)/t7-/m1/s1. The van der Waals surface area contributed by atoms with E-state index in [2.05, 4.69) is 0 Å². The number of nitrogens with zero attached hydrogens (tertiary/aromatic N) is 1. The lowest BCUT2D eigenvalue weighted by Gasteiger charge is -2.18. The van der Waals surface area contributed by atoms with Gasteiger partial charge in [0.2, 0.25) is 0 Å². The molecule has 0 radical (unpaired) electrons. The van der Waals surface area contributed by atoms with Crippen LogP contribution in [0.5, 0.6) is 0 Å². The van der Waals surface area contributed by atoms with Gasteiger partial charge in [0.25, 0.3) is 5.91 Å². The number of rotatable bonds is 2. The van der Waals surface area contributed by atoms with Crippen LogP contribution in [0.2, 0.25) is 0 Å². The number of benzene rings is 1. The molecule has 0 saturated carbocycles. The van der Waals surface area contributed by atoms with Crippen LogP contribution in [0, 0.1) is 5.92 Å². The maximum Gasteiger partial charge on any atom is 0.416 e. The molecule has 10 heteroatoms. The van der Waals surface area contributed by atoms with Gasteiger partial charge in [-0.2, -0.15) is 26.3 Å². The summed E-state index contributed by atoms with van der Waals surface area (Å²) >= 11 is 0. The number of aliphatic carboxylic acids is 1. The molecule has 0 unspecified atom stereocenters. The van der Waals surface area contributed by atoms with E-state index in [0.717, 1.165) is 4.90 Å². The van der Waals surface area contributed by atoms with Gasteiger partial charge in [0.05, 0.1) is 17.0 Å². The maximum atomic E-state index is 12.8. The Morgan fingerprint density at radius 2 is 1.50 bits per heavy atom. The topological polar surface area (TPSA) is 57.6 Å². The number of hydrogen-bond acceptors (Lipinski definition) is 2. The predicted molar refractivity (Wildman–Crippen MR) is 68.1 cm³/mol. The number of alkyl halides is 6. The summed E-state index contributed by atoms with van der Waals surface area (Å²) in [6.07, 6.45) is -10.0. The SMILES string of the molecule is O=C(O)[C@@H]1CCN(C(=O)c2cc(C(F)(F)F)cc(C(F)(F)F)c2)C1. The highest BCUT2D eigenvalue weighted by atomic mass is 19.4. The van der Waals surface area contributed by atoms with Crippen molar-refractivity contribution in [3.63, 3.8) is 0 Å². The largest absolute Gasteiger partial charge is 0.481 e. The molecule has 2 rings (SSSR count). The lowest BCUT2D eigenvalue weighted by molar-refractivity contribution is -0.143. The van der Waals surface area contributed by atoms with Crippen LogP contribution in [-0.2, 0) is 17.1 Å². The number of halogens is 6. The van der Waals surface area contributed by atoms with E-state index in [-0.39, 0.29) is 25.6 Å². The van der Waals surface area contributed by atoms with Gasteiger partial charge in [-0.3, -0.25) is 9.59 Å². The smallest absolute Gasteiger partial charge is 0.416 e. The molecule has 0 spiro atoms. The molecule has 1 aromatic rings. The van der Waals surface area contributed by atoms with Crippen molar-refractivity contribution in [2.24, 2.45) is 5.92 Å². The molecule has 132 valence electrons. The minimum absolute atomic E-state index is 0.0482. The molecule has 0 aromatic heterocycles. The average Bonchev–Trinajstić information content (AvgIpc) is 2.94. The van der Waals surface area contributed by atoms with Crippen LogP contribution in [0.25, 0.3) is 0 Å². The molecule has 0 aliphatic carbocycles. The van der Waals surface area contributed by atoms with Gasteiger partial charge < -0.3 is 10.0 Å². The van der Waals surface area contributed by atoms with Crippen molar-refractivity contribution in [1.82, 2.24) is 4.90 Å². The molecule has 1 fully saturated rings. The van der Waals surface area contributed by atoms with Crippen LogP contribution in [0.1, 0.15) is 27.9 Å². The monoisotopic (exact) mass is 355 g/mol. The maximum absolute atomic E-state index is 12.8. The van der Waals surface area contributed by atoms with E-state index >= 15 is 0 Å². The fraction of sp³-hybridized carbons (Fsp3) is 0.429. The van der Waals surface area contributed by atoms with Crippen molar-refractivity contribution < 1.29 is 41.0 Å². The molecule has 1 N–H and O–H groups in total. The lowest BCUT2D eigenvalue weighted by atomic mass is 10.0. The quantitative estimate of drug-likeness (QED) is 0.829. The highest BCUT2D eigenvalue weighted by Gasteiger charge is 2.38. The number of carboxylic acids is 1. The second kappa shape index (κ2) is 5.99. The van der Waals surface area contributed by atoms with Crippen LogP contribution in [0.15, 0.2) is 18.2 Å². The highest BCUT2D eigenvalue weighted by Crippen LogP contribution is 2.36. The van der Waals surface area contributed by atoms with Crippen LogP contribution >= 0.6 is 0 Å². The summed E-state index contributed by atoms with van der Waals surface area (Å²) < 4.78 is 76.6. The molecule has 1 aliphatic heterocycles. The van der Waals surface area contributed by atoms with Crippen LogP contribution in [0.3, 0.4) is 0 Å². The first-order valence-corrected chi connectivity index (χ1v) is 6.71. The van der Waals surface area contributed by atoms with Crippen LogP contribution in [0.4, 0.5) is 26.3 Å². The molecule has 1 amide bonds. The minimum Gasteiger partial charge on any atom is -0.481 e. The summed E-state index contributed by atoms with van der Waals surface area (Å²) in [5, 5.41) is 8.85. The predicted octanol–water partition coefficient (Wildman–Crippen LogP) is 3.27. The Labute approximate surface area is 131 Å². The Bertz CT molecular complexity index is 635. The van der Waals surface area contributed by atoms with Gasteiger partial charge in [0.15, 0.2) is 0 Å². The van der Waals surface area contributed by atoms with E-state index < -0.39 is 46.8 Å². The van der Waals surface area contributed by atoms with Gasteiger partial charge in [-0.15, -0.1) is 0 Å². The fourth-order valence-electron chi connectivity index (χ4n) is 2.41. The zero-order valence-corrected chi connectivity index (χ0v) is 11.9. The molecule has 4 nitrogen and oxygen atoms in total. The van der Waals surface area contributed by atoms with E-state index in [1.54, 1.807) is 0 Å². The Kier molecular flexibility index (Phi) is 4.51. The van der Waals surface area contributed by atoms with Crippen molar-refractivity contribution in [3.8, 4) is 0 Å². The Morgan fingerprint density at radius 3 is 1.88 bits per heavy atom. The Balaban J connectivity index is 2.39. The van der Waals surface area contributed by atoms with Crippen molar-refractivity contribution in [1.29, 1.82) is 0 Å². The Hall–Kier alpha value is -2.26. The summed E-state index contributed by atoms with van der Waals surface area (Å²) in [6, 6.07) is 0.609. The average molecular weight is 355 g/mol. The number of carbonyl (C=O) groups excluding carboxylic acids is 1. The third kappa shape index (κ3) is 3.80. The van der Waals surface area contributed by atoms with E-state index in [0.29, 0.717) is 12.1 Å². The van der Waals surface area contributed by atoms with Gasteiger partial charge in [-0.05, 0) is 24.6 Å². The van der Waals surface area contributed by atoms with Gasteiger partial charge in [-0.25, -0.2) is 0 Å². The first-order valence-electron chi connectivity index (χ1n) is 6.71. The van der Waals surface area contributed by atoms with Gasteiger partial charge in [0.1, 0.15) is 0 Å². The summed E-state index contributed by atoms with van der Waals surface area (Å²) in [6.45, 7) is -0.306. The van der Waals surface area contributed by atoms with Crippen LogP contribution in [-0.4, -0.2) is 35.0 Å². The first-order chi connectivity index (χ1) is 10.9. The molecule has 1 atom stereocenters. The van der Waals surface area contributed by atoms with Gasteiger partial charge in [0, 0.05) is 18.7 Å². The first kappa shape index (κ1) is 18.1. The number of carbonyl (C=O) groups is 2. The molecule has 0 bridgehead atoms. The summed E-state index contributed by atoms with van der Waals surface area (Å²) in [4.78, 5) is 24.0. The van der Waals surface area contributed by atoms with E-state index in [1.165, 1.54) is 0 Å². The van der Waals surface area contributed by atoms with E-state index in [9.17, 15) is 35.9 Å². The second-order valence-electron chi connectivity index (χ2n) is 5.37.